The predicted molar refractivity (Wildman–Crippen MR) is 125 cm³/mol. The van der Waals surface area contributed by atoms with Crippen LogP contribution in [0.15, 0.2) is 28.0 Å². The van der Waals surface area contributed by atoms with Crippen LogP contribution in [-0.2, 0) is 6.54 Å². The molecule has 27 heavy (non-hydrogen) atoms. The van der Waals surface area contributed by atoms with Crippen LogP contribution in [0.5, 0.6) is 0 Å². The molecule has 1 fully saturated rings. The van der Waals surface area contributed by atoms with Crippen LogP contribution in [0.2, 0.25) is 0 Å². The Morgan fingerprint density at radius 1 is 1.22 bits per heavy atom. The quantitative estimate of drug-likeness (QED) is 0.265. The van der Waals surface area contributed by atoms with E-state index in [4.69, 9.17) is 0 Å². The van der Waals surface area contributed by atoms with Gasteiger partial charge in [-0.25, -0.2) is 0 Å². The van der Waals surface area contributed by atoms with Crippen molar-refractivity contribution in [1.29, 1.82) is 0 Å². The van der Waals surface area contributed by atoms with Gasteiger partial charge in [0.2, 0.25) is 0 Å². The van der Waals surface area contributed by atoms with E-state index in [9.17, 15) is 4.79 Å². The molecule has 5 nitrogen and oxygen atoms in total. The third-order valence-electron chi connectivity index (χ3n) is 5.65. The fourth-order valence-corrected chi connectivity index (χ4v) is 3.83. The molecule has 0 aliphatic heterocycles. The van der Waals surface area contributed by atoms with Crippen molar-refractivity contribution in [3.8, 4) is 0 Å². The van der Waals surface area contributed by atoms with Gasteiger partial charge >= 0.3 is 0 Å². The Kier molecular flexibility index (Phi) is 11.0. The summed E-state index contributed by atoms with van der Waals surface area (Å²) in [5.41, 5.74) is 1.12. The summed E-state index contributed by atoms with van der Waals surface area (Å²) in [6, 6.07) is 5.98. The fourth-order valence-electron chi connectivity index (χ4n) is 3.83. The highest BCUT2D eigenvalue weighted by Crippen LogP contribution is 2.29. The first kappa shape index (κ1) is 24.0. The third kappa shape index (κ3) is 7.84. The Morgan fingerprint density at radius 2 is 1.93 bits per heavy atom. The average molecular weight is 488 g/mol. The summed E-state index contributed by atoms with van der Waals surface area (Å²) in [6.07, 6.45) is 7.10. The van der Waals surface area contributed by atoms with Crippen LogP contribution in [0.3, 0.4) is 0 Å². The number of hydrogen-bond donors (Lipinski definition) is 2. The Morgan fingerprint density at radius 3 is 2.52 bits per heavy atom. The fraction of sp³-hybridized carbons (Fsp3) is 0.714. The topological polar surface area (TPSA) is 58.4 Å². The monoisotopic (exact) mass is 488 g/mol. The van der Waals surface area contributed by atoms with Crippen LogP contribution >= 0.6 is 24.0 Å². The Hall–Kier alpha value is -1.05. The minimum Gasteiger partial charge on any atom is -0.356 e. The van der Waals surface area contributed by atoms with Gasteiger partial charge in [0.05, 0.1) is 0 Å². The van der Waals surface area contributed by atoms with E-state index in [-0.39, 0.29) is 29.5 Å². The number of halogens is 1. The van der Waals surface area contributed by atoms with Crippen molar-refractivity contribution in [3.05, 3.63) is 34.2 Å². The van der Waals surface area contributed by atoms with E-state index >= 15 is 0 Å². The van der Waals surface area contributed by atoms with Crippen molar-refractivity contribution in [2.75, 3.05) is 13.6 Å². The summed E-state index contributed by atoms with van der Waals surface area (Å²) in [7, 11) is 1.84. The number of rotatable bonds is 7. The number of unbranched alkanes of at least 4 members (excludes halogenated alkanes) is 1. The second-order valence-corrected chi connectivity index (χ2v) is 7.86. The average Bonchev–Trinajstić information content (AvgIpc) is 2.63. The molecule has 1 aromatic rings. The molecule has 0 saturated heterocycles. The molecule has 0 bridgehead atoms. The summed E-state index contributed by atoms with van der Waals surface area (Å²) in [6.45, 7) is 8.31. The van der Waals surface area contributed by atoms with Gasteiger partial charge in [-0.3, -0.25) is 9.79 Å². The van der Waals surface area contributed by atoms with Crippen LogP contribution in [-0.4, -0.2) is 30.2 Å². The predicted octanol–water partition coefficient (Wildman–Crippen LogP) is 3.93. The molecule has 0 spiro atoms. The second kappa shape index (κ2) is 12.4. The Balaban J connectivity index is 0.00000364. The van der Waals surface area contributed by atoms with E-state index in [1.165, 1.54) is 25.7 Å². The molecular weight excluding hydrogens is 451 g/mol. The number of nitrogens with zero attached hydrogens (tertiary/aromatic N) is 2. The summed E-state index contributed by atoms with van der Waals surface area (Å²) in [5, 5.41) is 6.99. The molecule has 2 rings (SSSR count). The van der Waals surface area contributed by atoms with Gasteiger partial charge in [-0.2, -0.15) is 0 Å². The first-order valence-electron chi connectivity index (χ1n) is 10.1. The van der Waals surface area contributed by atoms with Crippen molar-refractivity contribution < 1.29 is 0 Å². The smallest absolute Gasteiger partial charge is 0.250 e. The van der Waals surface area contributed by atoms with Crippen molar-refractivity contribution in [2.24, 2.45) is 16.8 Å². The number of guanidine groups is 1. The summed E-state index contributed by atoms with van der Waals surface area (Å²) < 4.78 is 1.85. The van der Waals surface area contributed by atoms with E-state index in [0.29, 0.717) is 6.04 Å². The first-order chi connectivity index (χ1) is 12.5. The van der Waals surface area contributed by atoms with Gasteiger partial charge in [-0.05, 0) is 63.4 Å². The maximum atomic E-state index is 11.9. The maximum absolute atomic E-state index is 11.9. The lowest BCUT2D eigenvalue weighted by atomic mass is 9.80. The molecule has 1 aliphatic carbocycles. The van der Waals surface area contributed by atoms with E-state index in [1.54, 1.807) is 6.07 Å². The van der Waals surface area contributed by atoms with Crippen molar-refractivity contribution in [2.45, 2.75) is 71.9 Å². The number of aliphatic imine (C=N–C) groups is 1. The SMILES string of the molecule is CN=C(NCCCCn1c(C)cccc1=O)NC1CCC(C(C)C)CC1.I. The van der Waals surface area contributed by atoms with E-state index in [0.717, 1.165) is 49.4 Å². The molecule has 1 aromatic heterocycles. The van der Waals surface area contributed by atoms with E-state index in [2.05, 4.69) is 29.5 Å². The van der Waals surface area contributed by atoms with Crippen molar-refractivity contribution in [3.63, 3.8) is 0 Å². The summed E-state index contributed by atoms with van der Waals surface area (Å²) in [5.74, 6) is 2.59. The number of aromatic nitrogens is 1. The van der Waals surface area contributed by atoms with Crippen molar-refractivity contribution in [1.82, 2.24) is 15.2 Å². The number of pyridine rings is 1. The minimum atomic E-state index is 0. The molecular formula is C21H37IN4O. The van der Waals surface area contributed by atoms with Crippen LogP contribution in [0.25, 0.3) is 0 Å². The molecule has 2 N–H and O–H groups in total. The highest BCUT2D eigenvalue weighted by molar-refractivity contribution is 14.0. The van der Waals surface area contributed by atoms with E-state index < -0.39 is 0 Å². The van der Waals surface area contributed by atoms with Gasteiger partial charge in [0.25, 0.3) is 5.56 Å². The Labute approximate surface area is 181 Å². The molecule has 6 heteroatoms. The normalized spacial score (nSPS) is 20.3. The van der Waals surface area contributed by atoms with Gasteiger partial charge < -0.3 is 15.2 Å². The summed E-state index contributed by atoms with van der Waals surface area (Å²) >= 11 is 0. The van der Waals surface area contributed by atoms with Gasteiger partial charge in [-0.1, -0.05) is 19.9 Å². The first-order valence-corrected chi connectivity index (χ1v) is 10.1. The van der Waals surface area contributed by atoms with Crippen LogP contribution in [0.1, 0.15) is 58.1 Å². The van der Waals surface area contributed by atoms with Crippen LogP contribution < -0.4 is 16.2 Å². The lowest BCUT2D eigenvalue weighted by molar-refractivity contribution is 0.250. The van der Waals surface area contributed by atoms with E-state index in [1.807, 2.05) is 30.7 Å². The molecule has 154 valence electrons. The molecule has 0 unspecified atom stereocenters. The molecule has 0 atom stereocenters. The minimum absolute atomic E-state index is 0. The number of aryl methyl sites for hydroxylation is 1. The zero-order valence-electron chi connectivity index (χ0n) is 17.3. The third-order valence-corrected chi connectivity index (χ3v) is 5.65. The van der Waals surface area contributed by atoms with Gasteiger partial charge in [0.1, 0.15) is 0 Å². The largest absolute Gasteiger partial charge is 0.356 e. The summed E-state index contributed by atoms with van der Waals surface area (Å²) in [4.78, 5) is 16.2. The van der Waals surface area contributed by atoms with Crippen LogP contribution in [0, 0.1) is 18.8 Å². The molecule has 1 heterocycles. The number of nitrogens with one attached hydrogen (secondary N) is 2. The highest BCUT2D eigenvalue weighted by atomic mass is 127. The van der Waals surface area contributed by atoms with Gasteiger partial charge in [0, 0.05) is 37.9 Å². The second-order valence-electron chi connectivity index (χ2n) is 7.86. The lowest BCUT2D eigenvalue weighted by Crippen LogP contribution is -2.45. The van der Waals surface area contributed by atoms with Gasteiger partial charge in [-0.15, -0.1) is 24.0 Å². The highest BCUT2D eigenvalue weighted by Gasteiger charge is 2.23. The maximum Gasteiger partial charge on any atom is 0.250 e. The molecule has 0 aromatic carbocycles. The van der Waals surface area contributed by atoms with Crippen molar-refractivity contribution >= 4 is 29.9 Å². The lowest BCUT2D eigenvalue weighted by Gasteiger charge is -2.32. The zero-order valence-corrected chi connectivity index (χ0v) is 19.7. The molecule has 1 aliphatic rings. The Bertz CT molecular complexity index is 633. The standard InChI is InChI=1S/C21H36N4O.HI/c1-16(2)18-10-12-19(13-11-18)24-21(22-4)23-14-5-6-15-25-17(3)8-7-9-20(25)26;/h7-9,16,18-19H,5-6,10-15H2,1-4H3,(H2,22,23,24);1H. The molecule has 0 amide bonds. The van der Waals surface area contributed by atoms with Gasteiger partial charge in [0.15, 0.2) is 5.96 Å². The number of hydrogen-bond acceptors (Lipinski definition) is 2. The molecule has 1 saturated carbocycles. The molecule has 0 radical (unpaired) electrons. The van der Waals surface area contributed by atoms with Crippen LogP contribution in [0.4, 0.5) is 0 Å². The zero-order chi connectivity index (χ0) is 18.9.